The lowest BCUT2D eigenvalue weighted by Crippen LogP contribution is -2.46. The molecule has 0 saturated heterocycles. The highest BCUT2D eigenvalue weighted by molar-refractivity contribution is 5.82. The molecule has 2 aliphatic heterocycles. The first-order valence-corrected chi connectivity index (χ1v) is 10.4. The third kappa shape index (κ3) is 3.84. The van der Waals surface area contributed by atoms with Crippen molar-refractivity contribution in [3.05, 3.63) is 65.4 Å². The van der Waals surface area contributed by atoms with E-state index in [0.717, 1.165) is 11.3 Å². The zero-order valence-electron chi connectivity index (χ0n) is 17.7. The summed E-state index contributed by atoms with van der Waals surface area (Å²) in [5.41, 5.74) is 3.34. The second-order valence-electron chi connectivity index (χ2n) is 7.94. The number of rotatable bonds is 4. The van der Waals surface area contributed by atoms with Gasteiger partial charge in [-0.1, -0.05) is 12.1 Å². The Balaban J connectivity index is 1.28. The normalized spacial score (nSPS) is 18.6. The van der Waals surface area contributed by atoms with Crippen LogP contribution in [0.3, 0.4) is 0 Å². The van der Waals surface area contributed by atoms with E-state index >= 15 is 0 Å². The van der Waals surface area contributed by atoms with Crippen LogP contribution < -0.4 is 19.5 Å². The number of para-hydroxylation sites is 2. The van der Waals surface area contributed by atoms with E-state index in [-0.39, 0.29) is 31.0 Å². The number of hydrogen-bond donors (Lipinski definition) is 1. The number of benzene rings is 2. The summed E-state index contributed by atoms with van der Waals surface area (Å²) in [6.07, 6.45) is 1.08. The Morgan fingerprint density at radius 1 is 1.19 bits per heavy atom. The molecule has 0 unspecified atom stereocenters. The van der Waals surface area contributed by atoms with E-state index in [9.17, 15) is 9.18 Å². The number of carbonyl (C=O) groups excluding carboxylic acids is 1. The maximum Gasteiger partial charge on any atom is 0.264 e. The van der Waals surface area contributed by atoms with Gasteiger partial charge in [0.2, 0.25) is 6.10 Å². The summed E-state index contributed by atoms with van der Waals surface area (Å²) in [4.78, 5) is 21.5. The number of ether oxygens (including phenoxy) is 3. The monoisotopic (exact) mass is 435 g/mol. The van der Waals surface area contributed by atoms with Crippen LogP contribution in [0.5, 0.6) is 17.2 Å². The van der Waals surface area contributed by atoms with Crippen LogP contribution in [0.2, 0.25) is 0 Å². The number of aryl methyl sites for hydroxylation is 2. The van der Waals surface area contributed by atoms with Crippen molar-refractivity contribution in [2.24, 2.45) is 0 Å². The molecule has 164 valence electrons. The van der Waals surface area contributed by atoms with E-state index in [1.807, 2.05) is 26.0 Å². The maximum absolute atomic E-state index is 14.3. The standard InChI is InChI=1S/C24H22FN3O4/c1-13-10-26-14(2)22(28-13)18-9-16(25)7-15-8-17(31-23(15)18)11-27-24(29)21-12-30-19-5-3-4-6-20(19)32-21/h3-7,9-10,17,21H,8,11-12H2,1-2H3,(H,27,29)/t17-,21-/m1/s1. The van der Waals surface area contributed by atoms with E-state index in [1.165, 1.54) is 12.1 Å². The van der Waals surface area contributed by atoms with Crippen LogP contribution in [0, 0.1) is 19.7 Å². The fourth-order valence-corrected chi connectivity index (χ4v) is 3.95. The number of fused-ring (bicyclic) bond motifs is 2. The molecule has 2 aliphatic rings. The van der Waals surface area contributed by atoms with Crippen molar-refractivity contribution < 1.29 is 23.4 Å². The Labute approximate surface area is 184 Å². The van der Waals surface area contributed by atoms with Crippen LogP contribution in [-0.2, 0) is 11.2 Å². The average Bonchev–Trinajstić information content (AvgIpc) is 3.21. The number of hydrogen-bond acceptors (Lipinski definition) is 6. The lowest BCUT2D eigenvalue weighted by atomic mass is 10.0. The van der Waals surface area contributed by atoms with Crippen LogP contribution in [0.25, 0.3) is 11.3 Å². The number of amides is 1. The van der Waals surface area contributed by atoms with Crippen LogP contribution in [0.4, 0.5) is 4.39 Å². The van der Waals surface area contributed by atoms with Gasteiger partial charge >= 0.3 is 0 Å². The average molecular weight is 435 g/mol. The zero-order valence-corrected chi connectivity index (χ0v) is 17.7. The number of carbonyl (C=O) groups is 1. The molecule has 1 aromatic heterocycles. The first kappa shape index (κ1) is 20.2. The molecule has 0 fully saturated rings. The largest absolute Gasteiger partial charge is 0.487 e. The summed E-state index contributed by atoms with van der Waals surface area (Å²) in [6.45, 7) is 4.06. The second kappa shape index (κ2) is 8.11. The van der Waals surface area contributed by atoms with Crippen molar-refractivity contribution in [2.75, 3.05) is 13.2 Å². The number of nitrogens with zero attached hydrogens (tertiary/aromatic N) is 2. The van der Waals surface area contributed by atoms with Gasteiger partial charge in [0.25, 0.3) is 5.91 Å². The van der Waals surface area contributed by atoms with E-state index in [0.29, 0.717) is 40.6 Å². The maximum atomic E-state index is 14.3. The van der Waals surface area contributed by atoms with Gasteiger partial charge in [0.15, 0.2) is 11.5 Å². The summed E-state index contributed by atoms with van der Waals surface area (Å²) in [7, 11) is 0. The van der Waals surface area contributed by atoms with Gasteiger partial charge in [-0.3, -0.25) is 9.78 Å². The van der Waals surface area contributed by atoms with E-state index in [4.69, 9.17) is 14.2 Å². The molecule has 3 aromatic rings. The van der Waals surface area contributed by atoms with Crippen LogP contribution in [0.15, 0.2) is 42.6 Å². The Kier molecular flexibility index (Phi) is 5.13. The van der Waals surface area contributed by atoms with Gasteiger partial charge in [-0.05, 0) is 38.1 Å². The Hall–Kier alpha value is -3.68. The smallest absolute Gasteiger partial charge is 0.264 e. The summed E-state index contributed by atoms with van der Waals surface area (Å²) in [5.74, 6) is 1.10. The van der Waals surface area contributed by atoms with Gasteiger partial charge in [-0.15, -0.1) is 0 Å². The number of aromatic nitrogens is 2. The van der Waals surface area contributed by atoms with Crippen molar-refractivity contribution in [1.29, 1.82) is 0 Å². The van der Waals surface area contributed by atoms with Crippen molar-refractivity contribution in [1.82, 2.24) is 15.3 Å². The zero-order chi connectivity index (χ0) is 22.2. The van der Waals surface area contributed by atoms with E-state index < -0.39 is 6.10 Å². The van der Waals surface area contributed by atoms with Crippen molar-refractivity contribution >= 4 is 5.91 Å². The third-order valence-corrected chi connectivity index (χ3v) is 5.50. The highest BCUT2D eigenvalue weighted by Gasteiger charge is 2.31. The summed E-state index contributed by atoms with van der Waals surface area (Å²) < 4.78 is 31.8. The lowest BCUT2D eigenvalue weighted by Gasteiger charge is -2.26. The molecular formula is C24H22FN3O4. The van der Waals surface area contributed by atoms with Crippen LogP contribution >= 0.6 is 0 Å². The molecular weight excluding hydrogens is 413 g/mol. The Bertz CT molecular complexity index is 1200. The van der Waals surface area contributed by atoms with Crippen molar-refractivity contribution in [3.63, 3.8) is 0 Å². The fraction of sp³-hybridized carbons (Fsp3) is 0.292. The minimum atomic E-state index is -0.744. The molecule has 8 heteroatoms. The summed E-state index contributed by atoms with van der Waals surface area (Å²) >= 11 is 0. The minimum absolute atomic E-state index is 0.134. The van der Waals surface area contributed by atoms with Gasteiger partial charge in [0, 0.05) is 23.7 Å². The summed E-state index contributed by atoms with van der Waals surface area (Å²) in [5, 5.41) is 2.86. The molecule has 0 radical (unpaired) electrons. The third-order valence-electron chi connectivity index (χ3n) is 5.50. The minimum Gasteiger partial charge on any atom is -0.487 e. The molecule has 3 heterocycles. The Morgan fingerprint density at radius 3 is 2.84 bits per heavy atom. The molecule has 7 nitrogen and oxygen atoms in total. The van der Waals surface area contributed by atoms with Gasteiger partial charge in [0.05, 0.1) is 23.6 Å². The van der Waals surface area contributed by atoms with E-state index in [2.05, 4.69) is 15.3 Å². The molecule has 0 saturated carbocycles. The molecule has 0 bridgehead atoms. The van der Waals surface area contributed by atoms with Crippen molar-refractivity contribution in [3.8, 4) is 28.5 Å². The van der Waals surface area contributed by atoms with Crippen molar-refractivity contribution in [2.45, 2.75) is 32.5 Å². The first-order valence-electron chi connectivity index (χ1n) is 10.4. The number of nitrogens with one attached hydrogen (secondary N) is 1. The highest BCUT2D eigenvalue weighted by Crippen LogP contribution is 2.39. The van der Waals surface area contributed by atoms with Crippen LogP contribution in [0.1, 0.15) is 17.0 Å². The predicted octanol–water partition coefficient (Wildman–Crippen LogP) is 3.16. The molecule has 2 atom stereocenters. The molecule has 1 N–H and O–H groups in total. The molecule has 2 aromatic carbocycles. The summed E-state index contributed by atoms with van der Waals surface area (Å²) in [6, 6.07) is 10.1. The van der Waals surface area contributed by atoms with Gasteiger partial charge in [0.1, 0.15) is 24.3 Å². The highest BCUT2D eigenvalue weighted by atomic mass is 19.1. The molecule has 0 aliphatic carbocycles. The SMILES string of the molecule is Cc1cnc(C)c(-c2cc(F)cc3c2O[C@@H](CNC(=O)[C@H]2COc4ccccc4O2)C3)n1. The van der Waals surface area contributed by atoms with Gasteiger partial charge < -0.3 is 19.5 Å². The first-order chi connectivity index (χ1) is 15.5. The molecule has 1 amide bonds. The van der Waals surface area contributed by atoms with Gasteiger partial charge in [-0.25, -0.2) is 9.37 Å². The Morgan fingerprint density at radius 2 is 2.00 bits per heavy atom. The molecule has 32 heavy (non-hydrogen) atoms. The quantitative estimate of drug-likeness (QED) is 0.678. The fourth-order valence-electron chi connectivity index (χ4n) is 3.95. The van der Waals surface area contributed by atoms with Gasteiger partial charge in [-0.2, -0.15) is 0 Å². The molecule has 0 spiro atoms. The van der Waals surface area contributed by atoms with E-state index in [1.54, 1.807) is 18.3 Å². The lowest BCUT2D eigenvalue weighted by molar-refractivity contribution is -0.130. The predicted molar refractivity (Wildman–Crippen MR) is 114 cm³/mol. The molecule has 5 rings (SSSR count). The second-order valence-corrected chi connectivity index (χ2v) is 7.94. The van der Waals surface area contributed by atoms with Crippen LogP contribution in [-0.4, -0.2) is 41.2 Å². The number of halogens is 1. The topological polar surface area (TPSA) is 82.6 Å².